The molecule has 1 saturated carbocycles. The zero-order valence-corrected chi connectivity index (χ0v) is 12.1. The summed E-state index contributed by atoms with van der Waals surface area (Å²) >= 11 is 0. The van der Waals surface area contributed by atoms with Crippen LogP contribution in [0.4, 0.5) is 5.69 Å². The lowest BCUT2D eigenvalue weighted by atomic mass is 9.98. The van der Waals surface area contributed by atoms with Gasteiger partial charge in [0.05, 0.1) is 17.9 Å². The van der Waals surface area contributed by atoms with Crippen LogP contribution in [-0.2, 0) is 4.79 Å². The Labute approximate surface area is 120 Å². The molecule has 0 radical (unpaired) electrons. The van der Waals surface area contributed by atoms with Crippen LogP contribution in [0.25, 0.3) is 0 Å². The number of hydrogen-bond acceptors (Lipinski definition) is 3. The van der Waals surface area contributed by atoms with E-state index < -0.39 is 6.04 Å². The van der Waals surface area contributed by atoms with Crippen LogP contribution in [0.3, 0.4) is 0 Å². The van der Waals surface area contributed by atoms with Crippen molar-refractivity contribution in [1.82, 2.24) is 4.98 Å². The van der Waals surface area contributed by atoms with Crippen molar-refractivity contribution in [3.8, 4) is 0 Å². The van der Waals surface area contributed by atoms with Crippen molar-refractivity contribution in [3.05, 3.63) is 24.0 Å². The molecule has 1 aliphatic rings. The molecule has 19 heavy (non-hydrogen) atoms. The van der Waals surface area contributed by atoms with Crippen molar-refractivity contribution in [3.63, 3.8) is 0 Å². The lowest BCUT2D eigenvalue weighted by Gasteiger charge is -2.16. The lowest BCUT2D eigenvalue weighted by molar-refractivity contribution is -0.117. The van der Waals surface area contributed by atoms with Gasteiger partial charge in [-0.2, -0.15) is 0 Å². The average molecular weight is 284 g/mol. The number of hydrogen-bond donors (Lipinski definition) is 2. The zero-order chi connectivity index (χ0) is 13.0. The Balaban J connectivity index is 0.00000180. The summed E-state index contributed by atoms with van der Waals surface area (Å²) in [6, 6.07) is 3.31. The molecule has 0 aliphatic heterocycles. The molecule has 0 aromatic carbocycles. The summed E-state index contributed by atoms with van der Waals surface area (Å²) in [5.41, 5.74) is 7.59. The van der Waals surface area contributed by atoms with Crippen molar-refractivity contribution in [2.24, 2.45) is 11.7 Å². The molecule has 1 amide bonds. The number of carbonyl (C=O) groups is 1. The summed E-state index contributed by atoms with van der Waals surface area (Å²) in [7, 11) is 0. The molecule has 1 aromatic heterocycles. The first-order chi connectivity index (χ1) is 8.65. The fourth-order valence-corrected chi connectivity index (χ4v) is 2.49. The molecule has 1 aliphatic carbocycles. The highest BCUT2D eigenvalue weighted by atomic mass is 35.5. The van der Waals surface area contributed by atoms with Gasteiger partial charge < -0.3 is 11.1 Å². The fraction of sp³-hybridized carbons (Fsp3) is 0.571. The number of aromatic nitrogens is 1. The summed E-state index contributed by atoms with van der Waals surface area (Å²) < 4.78 is 0. The third-order valence-corrected chi connectivity index (χ3v) is 3.58. The molecule has 4 nitrogen and oxygen atoms in total. The van der Waals surface area contributed by atoms with Crippen LogP contribution in [0.1, 0.15) is 37.8 Å². The van der Waals surface area contributed by atoms with Crippen LogP contribution in [0.5, 0.6) is 0 Å². The van der Waals surface area contributed by atoms with E-state index in [1.54, 1.807) is 6.20 Å². The first-order valence-electron chi connectivity index (χ1n) is 6.64. The van der Waals surface area contributed by atoms with Crippen LogP contribution in [0.15, 0.2) is 18.3 Å². The largest absolute Gasteiger partial charge is 0.323 e. The quantitative estimate of drug-likeness (QED) is 0.893. The Bertz CT molecular complexity index is 402. The van der Waals surface area contributed by atoms with E-state index >= 15 is 0 Å². The molecule has 0 spiro atoms. The number of rotatable bonds is 4. The maximum absolute atomic E-state index is 11.9. The molecule has 5 heteroatoms. The first kappa shape index (κ1) is 15.9. The highest BCUT2D eigenvalue weighted by molar-refractivity contribution is 5.94. The number of carbonyl (C=O) groups excluding carboxylic acids is 1. The Morgan fingerprint density at radius 1 is 1.47 bits per heavy atom. The number of nitrogens with one attached hydrogen (secondary N) is 1. The van der Waals surface area contributed by atoms with Gasteiger partial charge in [0.2, 0.25) is 5.91 Å². The van der Waals surface area contributed by atoms with E-state index in [1.165, 1.54) is 25.7 Å². The van der Waals surface area contributed by atoms with E-state index in [-0.39, 0.29) is 18.3 Å². The Morgan fingerprint density at radius 3 is 2.74 bits per heavy atom. The molecular weight excluding hydrogens is 262 g/mol. The Morgan fingerprint density at radius 2 is 2.16 bits per heavy atom. The minimum absolute atomic E-state index is 0. The zero-order valence-electron chi connectivity index (χ0n) is 11.3. The predicted molar refractivity (Wildman–Crippen MR) is 79.4 cm³/mol. The second-order valence-corrected chi connectivity index (χ2v) is 5.17. The van der Waals surface area contributed by atoms with Crippen LogP contribution in [-0.4, -0.2) is 16.9 Å². The van der Waals surface area contributed by atoms with E-state index in [9.17, 15) is 4.79 Å². The van der Waals surface area contributed by atoms with Crippen molar-refractivity contribution in [1.29, 1.82) is 0 Å². The number of amides is 1. The van der Waals surface area contributed by atoms with Gasteiger partial charge in [-0.25, -0.2) is 0 Å². The molecule has 1 atom stereocenters. The molecule has 3 N–H and O–H groups in total. The van der Waals surface area contributed by atoms with Gasteiger partial charge in [0.1, 0.15) is 0 Å². The second-order valence-electron chi connectivity index (χ2n) is 5.17. The standard InChI is InChI=1S/C14H21N3O.ClH/c1-10-6-7-12(9-16-10)17-14(18)13(15)8-11-4-2-3-5-11;/h6-7,9,11,13H,2-5,8,15H2,1H3,(H,17,18);1H/t13-;/m0./s1. The highest BCUT2D eigenvalue weighted by Gasteiger charge is 2.22. The normalized spacial score (nSPS) is 16.7. The van der Waals surface area contributed by atoms with Gasteiger partial charge in [-0.05, 0) is 31.4 Å². The molecule has 106 valence electrons. The summed E-state index contributed by atoms with van der Waals surface area (Å²) in [6.07, 6.45) is 7.45. The number of pyridine rings is 1. The number of aryl methyl sites for hydroxylation is 1. The van der Waals surface area contributed by atoms with Crippen LogP contribution < -0.4 is 11.1 Å². The monoisotopic (exact) mass is 283 g/mol. The molecule has 0 unspecified atom stereocenters. The minimum Gasteiger partial charge on any atom is -0.323 e. The van der Waals surface area contributed by atoms with Crippen LogP contribution in [0, 0.1) is 12.8 Å². The Hall–Kier alpha value is -1.13. The van der Waals surface area contributed by atoms with Gasteiger partial charge in [0.25, 0.3) is 0 Å². The van der Waals surface area contributed by atoms with E-state index in [0.717, 1.165) is 12.1 Å². The van der Waals surface area contributed by atoms with Crippen molar-refractivity contribution in [2.75, 3.05) is 5.32 Å². The Kier molecular flexibility index (Phi) is 6.25. The van der Waals surface area contributed by atoms with Crippen molar-refractivity contribution >= 4 is 24.0 Å². The summed E-state index contributed by atoms with van der Waals surface area (Å²) in [6.45, 7) is 1.91. The number of anilines is 1. The summed E-state index contributed by atoms with van der Waals surface area (Å²) in [4.78, 5) is 16.1. The fourth-order valence-electron chi connectivity index (χ4n) is 2.49. The third-order valence-electron chi connectivity index (χ3n) is 3.58. The summed E-state index contributed by atoms with van der Waals surface area (Å²) in [5.74, 6) is 0.523. The number of nitrogens with zero attached hydrogens (tertiary/aromatic N) is 1. The second kappa shape index (κ2) is 7.46. The molecule has 1 aromatic rings. The van der Waals surface area contributed by atoms with E-state index in [0.29, 0.717) is 11.6 Å². The van der Waals surface area contributed by atoms with E-state index in [2.05, 4.69) is 10.3 Å². The van der Waals surface area contributed by atoms with Gasteiger partial charge in [-0.3, -0.25) is 9.78 Å². The molecule has 2 rings (SSSR count). The lowest BCUT2D eigenvalue weighted by Crippen LogP contribution is -2.37. The smallest absolute Gasteiger partial charge is 0.241 e. The number of nitrogens with two attached hydrogens (primary N) is 1. The van der Waals surface area contributed by atoms with Gasteiger partial charge in [-0.1, -0.05) is 25.7 Å². The molecule has 1 fully saturated rings. The maximum Gasteiger partial charge on any atom is 0.241 e. The molecular formula is C14H22ClN3O. The average Bonchev–Trinajstić information content (AvgIpc) is 2.85. The van der Waals surface area contributed by atoms with Crippen LogP contribution in [0.2, 0.25) is 0 Å². The highest BCUT2D eigenvalue weighted by Crippen LogP contribution is 2.28. The minimum atomic E-state index is -0.408. The van der Waals surface area contributed by atoms with Gasteiger partial charge in [0, 0.05) is 5.69 Å². The van der Waals surface area contributed by atoms with Gasteiger partial charge >= 0.3 is 0 Å². The summed E-state index contributed by atoms with van der Waals surface area (Å²) in [5, 5.41) is 2.82. The first-order valence-corrected chi connectivity index (χ1v) is 6.64. The predicted octanol–water partition coefficient (Wildman–Crippen LogP) is 2.66. The maximum atomic E-state index is 11.9. The van der Waals surface area contributed by atoms with E-state index in [1.807, 2.05) is 19.1 Å². The topological polar surface area (TPSA) is 68.0 Å². The van der Waals surface area contributed by atoms with Crippen molar-refractivity contribution < 1.29 is 4.79 Å². The number of halogens is 1. The van der Waals surface area contributed by atoms with Crippen LogP contribution >= 0.6 is 12.4 Å². The van der Waals surface area contributed by atoms with Gasteiger partial charge in [-0.15, -0.1) is 12.4 Å². The van der Waals surface area contributed by atoms with Crippen molar-refractivity contribution in [2.45, 2.75) is 45.1 Å². The molecule has 1 heterocycles. The third kappa shape index (κ3) is 4.80. The molecule has 0 saturated heterocycles. The van der Waals surface area contributed by atoms with Gasteiger partial charge in [0.15, 0.2) is 0 Å². The SMILES string of the molecule is Cc1ccc(NC(=O)[C@@H](N)CC2CCCC2)cn1.Cl. The van der Waals surface area contributed by atoms with E-state index in [4.69, 9.17) is 5.73 Å². The molecule has 0 bridgehead atoms.